The molecule has 1 unspecified atom stereocenters. The van der Waals surface area contributed by atoms with Gasteiger partial charge in [0.05, 0.1) is 5.69 Å². The van der Waals surface area contributed by atoms with Crippen molar-refractivity contribution >= 4 is 11.9 Å². The fourth-order valence-electron chi connectivity index (χ4n) is 2.13. The zero-order chi connectivity index (χ0) is 15.6. The summed E-state index contributed by atoms with van der Waals surface area (Å²) in [5.74, 6) is -1.60. The molecule has 1 amide bonds. The molecule has 1 atom stereocenters. The predicted octanol–water partition coefficient (Wildman–Crippen LogP) is 1.46. The van der Waals surface area contributed by atoms with Gasteiger partial charge in [0.15, 0.2) is 5.54 Å². The first kappa shape index (κ1) is 14.8. The molecule has 1 aromatic carbocycles. The Morgan fingerprint density at radius 3 is 2.38 bits per heavy atom. The molecule has 21 heavy (non-hydrogen) atoms. The Bertz CT molecular complexity index is 679. The molecule has 0 radical (unpaired) electrons. The standard InChI is InChI=1S/C15H17N3O3/c1-10-9-12(18(3)17-10)13(19)16-15(2,14(20)21)11-7-5-4-6-8-11/h4-9H,1-3H3,(H,16,19)(H,20,21). The molecule has 6 heteroatoms. The zero-order valence-corrected chi connectivity index (χ0v) is 12.1. The van der Waals surface area contributed by atoms with Crippen LogP contribution in [0.4, 0.5) is 0 Å². The SMILES string of the molecule is Cc1cc(C(=O)NC(C)(C(=O)O)c2ccccc2)n(C)n1. The number of nitrogens with one attached hydrogen (secondary N) is 1. The third kappa shape index (κ3) is 2.79. The van der Waals surface area contributed by atoms with Crippen molar-refractivity contribution in [2.75, 3.05) is 0 Å². The molecule has 6 nitrogen and oxygen atoms in total. The van der Waals surface area contributed by atoms with Gasteiger partial charge in [-0.05, 0) is 25.5 Å². The van der Waals surface area contributed by atoms with Gasteiger partial charge in [-0.3, -0.25) is 9.48 Å². The fraction of sp³-hybridized carbons (Fsp3) is 0.267. The summed E-state index contributed by atoms with van der Waals surface area (Å²) in [7, 11) is 1.64. The van der Waals surface area contributed by atoms with E-state index in [-0.39, 0.29) is 0 Å². The maximum Gasteiger partial charge on any atom is 0.333 e. The number of nitrogens with zero attached hydrogens (tertiary/aromatic N) is 2. The lowest BCUT2D eigenvalue weighted by atomic mass is 9.92. The van der Waals surface area contributed by atoms with E-state index in [1.165, 1.54) is 11.6 Å². The second-order valence-corrected chi connectivity index (χ2v) is 5.04. The van der Waals surface area contributed by atoms with E-state index in [9.17, 15) is 14.7 Å². The summed E-state index contributed by atoms with van der Waals surface area (Å²) in [5, 5.41) is 16.2. The van der Waals surface area contributed by atoms with Gasteiger partial charge in [-0.2, -0.15) is 5.10 Å². The first-order valence-electron chi connectivity index (χ1n) is 6.46. The molecule has 2 rings (SSSR count). The van der Waals surface area contributed by atoms with E-state index in [1.54, 1.807) is 50.4 Å². The van der Waals surface area contributed by atoms with Crippen molar-refractivity contribution in [3.8, 4) is 0 Å². The monoisotopic (exact) mass is 287 g/mol. The number of carboxylic acid groups (broad SMARTS) is 1. The molecule has 0 aliphatic carbocycles. The van der Waals surface area contributed by atoms with Gasteiger partial charge < -0.3 is 10.4 Å². The molecule has 1 heterocycles. The highest BCUT2D eigenvalue weighted by molar-refractivity contribution is 5.97. The van der Waals surface area contributed by atoms with Crippen molar-refractivity contribution < 1.29 is 14.7 Å². The number of hydrogen-bond donors (Lipinski definition) is 2. The van der Waals surface area contributed by atoms with E-state index in [0.717, 1.165) is 0 Å². The number of carbonyl (C=O) groups is 2. The third-order valence-electron chi connectivity index (χ3n) is 3.38. The van der Waals surface area contributed by atoms with E-state index in [0.29, 0.717) is 17.0 Å². The molecular formula is C15H17N3O3. The summed E-state index contributed by atoms with van der Waals surface area (Å²) in [5.41, 5.74) is 0.0105. The lowest BCUT2D eigenvalue weighted by Gasteiger charge is -2.26. The predicted molar refractivity (Wildman–Crippen MR) is 76.8 cm³/mol. The first-order valence-corrected chi connectivity index (χ1v) is 6.46. The second kappa shape index (κ2) is 5.40. The van der Waals surface area contributed by atoms with Crippen LogP contribution in [0.15, 0.2) is 36.4 Å². The summed E-state index contributed by atoms with van der Waals surface area (Å²) in [4.78, 5) is 24.0. The summed E-state index contributed by atoms with van der Waals surface area (Å²) in [6, 6.07) is 10.2. The highest BCUT2D eigenvalue weighted by Crippen LogP contribution is 2.21. The van der Waals surface area contributed by atoms with Gasteiger partial charge in [0, 0.05) is 7.05 Å². The van der Waals surface area contributed by atoms with E-state index < -0.39 is 17.4 Å². The van der Waals surface area contributed by atoms with Crippen LogP contribution in [-0.4, -0.2) is 26.8 Å². The van der Waals surface area contributed by atoms with Gasteiger partial charge in [-0.1, -0.05) is 30.3 Å². The van der Waals surface area contributed by atoms with Gasteiger partial charge in [0.25, 0.3) is 5.91 Å². The maximum atomic E-state index is 12.3. The quantitative estimate of drug-likeness (QED) is 0.891. The van der Waals surface area contributed by atoms with Crippen molar-refractivity contribution in [2.45, 2.75) is 19.4 Å². The van der Waals surface area contributed by atoms with Crippen LogP contribution in [0, 0.1) is 6.92 Å². The van der Waals surface area contributed by atoms with Crippen molar-refractivity contribution in [1.29, 1.82) is 0 Å². The highest BCUT2D eigenvalue weighted by atomic mass is 16.4. The number of amides is 1. The van der Waals surface area contributed by atoms with E-state index in [1.807, 2.05) is 0 Å². The number of carboxylic acids is 1. The molecule has 0 saturated carbocycles. The van der Waals surface area contributed by atoms with Crippen LogP contribution in [0.2, 0.25) is 0 Å². The lowest BCUT2D eigenvalue weighted by Crippen LogP contribution is -2.49. The van der Waals surface area contributed by atoms with Crippen LogP contribution in [-0.2, 0) is 17.4 Å². The van der Waals surface area contributed by atoms with Gasteiger partial charge in [-0.15, -0.1) is 0 Å². The van der Waals surface area contributed by atoms with Crippen molar-refractivity contribution in [3.63, 3.8) is 0 Å². The molecule has 110 valence electrons. The molecular weight excluding hydrogens is 270 g/mol. The Hall–Kier alpha value is -2.63. The fourth-order valence-corrected chi connectivity index (χ4v) is 2.13. The Labute approximate surface area is 122 Å². The van der Waals surface area contributed by atoms with E-state index >= 15 is 0 Å². The maximum absolute atomic E-state index is 12.3. The van der Waals surface area contributed by atoms with Crippen molar-refractivity contribution in [2.24, 2.45) is 7.05 Å². The largest absolute Gasteiger partial charge is 0.479 e. The Morgan fingerprint density at radius 2 is 1.90 bits per heavy atom. The van der Waals surface area contributed by atoms with Crippen LogP contribution >= 0.6 is 0 Å². The van der Waals surface area contributed by atoms with Crippen molar-refractivity contribution in [1.82, 2.24) is 15.1 Å². The first-order chi connectivity index (χ1) is 9.84. The number of aryl methyl sites for hydroxylation is 2. The minimum Gasteiger partial charge on any atom is -0.479 e. The summed E-state index contributed by atoms with van der Waals surface area (Å²) in [6.45, 7) is 3.23. The number of hydrogen-bond acceptors (Lipinski definition) is 3. The average molecular weight is 287 g/mol. The summed E-state index contributed by atoms with van der Waals surface area (Å²) in [6.07, 6.45) is 0. The highest BCUT2D eigenvalue weighted by Gasteiger charge is 2.37. The van der Waals surface area contributed by atoms with Gasteiger partial charge in [-0.25, -0.2) is 4.79 Å². The molecule has 0 aliphatic heterocycles. The number of benzene rings is 1. The number of aromatic nitrogens is 2. The molecule has 0 spiro atoms. The summed E-state index contributed by atoms with van der Waals surface area (Å²) >= 11 is 0. The zero-order valence-electron chi connectivity index (χ0n) is 12.1. The smallest absolute Gasteiger partial charge is 0.333 e. The topological polar surface area (TPSA) is 84.2 Å². The molecule has 2 N–H and O–H groups in total. The molecule has 0 aliphatic rings. The Balaban J connectivity index is 2.35. The van der Waals surface area contributed by atoms with Crippen LogP contribution in [0.5, 0.6) is 0 Å². The molecule has 2 aromatic rings. The van der Waals surface area contributed by atoms with Crippen LogP contribution < -0.4 is 5.32 Å². The van der Waals surface area contributed by atoms with Gasteiger partial charge in [0.1, 0.15) is 5.69 Å². The lowest BCUT2D eigenvalue weighted by molar-refractivity contribution is -0.144. The number of rotatable bonds is 4. The number of aliphatic carboxylic acids is 1. The van der Waals surface area contributed by atoms with Crippen molar-refractivity contribution in [3.05, 3.63) is 53.3 Å². The molecule has 0 bridgehead atoms. The minimum atomic E-state index is -1.50. The molecule has 1 aromatic heterocycles. The van der Waals surface area contributed by atoms with Gasteiger partial charge in [0.2, 0.25) is 0 Å². The van der Waals surface area contributed by atoms with E-state index in [2.05, 4.69) is 10.4 Å². The van der Waals surface area contributed by atoms with Gasteiger partial charge >= 0.3 is 5.97 Å². The Kier molecular flexibility index (Phi) is 3.80. The van der Waals surface area contributed by atoms with E-state index in [4.69, 9.17) is 0 Å². The van der Waals surface area contributed by atoms with Crippen LogP contribution in [0.3, 0.4) is 0 Å². The molecule has 0 saturated heterocycles. The normalized spacial score (nSPS) is 13.5. The van der Waals surface area contributed by atoms with Crippen LogP contribution in [0.25, 0.3) is 0 Å². The average Bonchev–Trinajstić information content (AvgIpc) is 2.78. The summed E-state index contributed by atoms with van der Waals surface area (Å²) < 4.78 is 1.43. The Morgan fingerprint density at radius 1 is 1.29 bits per heavy atom. The second-order valence-electron chi connectivity index (χ2n) is 5.04. The van der Waals surface area contributed by atoms with Crippen LogP contribution in [0.1, 0.15) is 28.7 Å². The minimum absolute atomic E-state index is 0.316. The third-order valence-corrected chi connectivity index (χ3v) is 3.38. The number of carbonyl (C=O) groups excluding carboxylic acids is 1. The molecule has 0 fully saturated rings.